The van der Waals surface area contributed by atoms with Gasteiger partial charge in [0.15, 0.2) is 0 Å². The number of fused-ring (bicyclic) bond motifs is 1. The maximum Gasteiger partial charge on any atom is 0.276 e. The van der Waals surface area contributed by atoms with Crippen LogP contribution in [-0.2, 0) is 21.7 Å². The van der Waals surface area contributed by atoms with Crippen LogP contribution >= 0.6 is 0 Å². The number of rotatable bonds is 7. The van der Waals surface area contributed by atoms with Gasteiger partial charge in [-0.1, -0.05) is 47.7 Å². The van der Waals surface area contributed by atoms with Crippen LogP contribution in [0.15, 0.2) is 54.6 Å². The summed E-state index contributed by atoms with van der Waals surface area (Å²) in [5.41, 5.74) is 1.16. The highest BCUT2D eigenvalue weighted by Crippen LogP contribution is 2.28. The van der Waals surface area contributed by atoms with Gasteiger partial charge in [-0.25, -0.2) is 4.68 Å². The van der Waals surface area contributed by atoms with E-state index in [1.165, 1.54) is 0 Å². The quantitative estimate of drug-likeness (QED) is 0.710. The molecule has 1 amide bonds. The first-order chi connectivity index (χ1) is 12.6. The fraction of sp³-hybridized carbons (Fsp3) is 0.350. The van der Waals surface area contributed by atoms with Gasteiger partial charge in [0.25, 0.3) is 5.91 Å². The van der Waals surface area contributed by atoms with Gasteiger partial charge in [-0.2, -0.15) is 0 Å². The third-order valence-corrected chi connectivity index (χ3v) is 4.14. The molecule has 0 radical (unpaired) electrons. The van der Waals surface area contributed by atoms with Crippen molar-refractivity contribution in [3.05, 3.63) is 60.2 Å². The lowest BCUT2D eigenvalue weighted by molar-refractivity contribution is -0.165. The molecule has 0 spiro atoms. The number of nitrogens with zero attached hydrogens (tertiary/aromatic N) is 3. The molecule has 1 unspecified atom stereocenters. The zero-order valence-corrected chi connectivity index (χ0v) is 15.3. The van der Waals surface area contributed by atoms with Crippen LogP contribution in [0.3, 0.4) is 0 Å². The highest BCUT2D eigenvalue weighted by molar-refractivity contribution is 5.86. The minimum Gasteiger partial charge on any atom is -0.350 e. The van der Waals surface area contributed by atoms with Gasteiger partial charge in [-0.15, -0.1) is 5.10 Å². The molecule has 0 bridgehead atoms. The molecule has 0 aliphatic heterocycles. The predicted molar refractivity (Wildman–Crippen MR) is 101 cm³/mol. The first-order valence-electron chi connectivity index (χ1n) is 8.86. The molecule has 136 valence electrons. The summed E-state index contributed by atoms with van der Waals surface area (Å²) in [5.74, 6) is -0.228. The van der Waals surface area contributed by atoms with Crippen molar-refractivity contribution in [2.75, 3.05) is 6.61 Å². The Morgan fingerprint density at radius 1 is 1.15 bits per heavy atom. The Kier molecular flexibility index (Phi) is 5.32. The number of carbonyl (C=O) groups excluding carboxylic acids is 1. The SMILES string of the molecule is CCOC(Cc1ccccc1)(C(=O)NC(C)C)n1nnc2ccccc21. The van der Waals surface area contributed by atoms with Gasteiger partial charge in [0.2, 0.25) is 5.72 Å². The van der Waals surface area contributed by atoms with Crippen LogP contribution in [-0.4, -0.2) is 33.5 Å². The summed E-state index contributed by atoms with van der Waals surface area (Å²) in [5, 5.41) is 11.5. The third-order valence-electron chi connectivity index (χ3n) is 4.14. The van der Waals surface area contributed by atoms with Crippen molar-refractivity contribution in [2.45, 2.75) is 39.0 Å². The van der Waals surface area contributed by atoms with E-state index in [1.54, 1.807) is 4.68 Å². The van der Waals surface area contributed by atoms with Gasteiger partial charge >= 0.3 is 0 Å². The first kappa shape index (κ1) is 18.1. The van der Waals surface area contributed by atoms with E-state index in [0.29, 0.717) is 13.0 Å². The molecule has 26 heavy (non-hydrogen) atoms. The second kappa shape index (κ2) is 7.66. The Morgan fingerprint density at radius 2 is 1.85 bits per heavy atom. The molecule has 0 saturated carbocycles. The topological polar surface area (TPSA) is 69.0 Å². The number of hydrogen-bond acceptors (Lipinski definition) is 4. The van der Waals surface area contributed by atoms with Crippen LogP contribution in [0.2, 0.25) is 0 Å². The average molecular weight is 352 g/mol. The second-order valence-corrected chi connectivity index (χ2v) is 6.50. The lowest BCUT2D eigenvalue weighted by atomic mass is 10.0. The molecule has 0 aliphatic rings. The monoisotopic (exact) mass is 352 g/mol. The van der Waals surface area contributed by atoms with Crippen LogP contribution in [0.4, 0.5) is 0 Å². The molecular weight excluding hydrogens is 328 g/mol. The van der Waals surface area contributed by atoms with Crippen LogP contribution in [0.25, 0.3) is 11.0 Å². The van der Waals surface area contributed by atoms with Crippen LogP contribution in [0.5, 0.6) is 0 Å². The molecule has 0 saturated heterocycles. The lowest BCUT2D eigenvalue weighted by Gasteiger charge is -2.33. The molecule has 0 aliphatic carbocycles. The van der Waals surface area contributed by atoms with Crippen LogP contribution in [0.1, 0.15) is 26.3 Å². The van der Waals surface area contributed by atoms with E-state index < -0.39 is 5.72 Å². The number of aromatic nitrogens is 3. The predicted octanol–water partition coefficient (Wildman–Crippen LogP) is 2.89. The second-order valence-electron chi connectivity index (χ2n) is 6.50. The summed E-state index contributed by atoms with van der Waals surface area (Å²) < 4.78 is 7.70. The molecule has 2 aromatic carbocycles. The highest BCUT2D eigenvalue weighted by atomic mass is 16.5. The van der Waals surface area contributed by atoms with Crippen molar-refractivity contribution in [1.29, 1.82) is 0 Å². The largest absolute Gasteiger partial charge is 0.350 e. The Balaban J connectivity index is 2.17. The Bertz CT molecular complexity index is 876. The molecule has 1 heterocycles. The summed E-state index contributed by atoms with van der Waals surface area (Å²) in [7, 11) is 0. The van der Waals surface area contributed by atoms with E-state index >= 15 is 0 Å². The maximum atomic E-state index is 13.3. The average Bonchev–Trinajstić information content (AvgIpc) is 3.06. The molecule has 0 fully saturated rings. The molecule has 3 aromatic rings. The maximum absolute atomic E-state index is 13.3. The summed E-state index contributed by atoms with van der Waals surface area (Å²) in [6, 6.07) is 17.4. The minimum atomic E-state index is -1.31. The lowest BCUT2D eigenvalue weighted by Crippen LogP contribution is -2.54. The van der Waals surface area contributed by atoms with Crippen LogP contribution in [0, 0.1) is 0 Å². The third kappa shape index (κ3) is 3.46. The van der Waals surface area contributed by atoms with Crippen molar-refractivity contribution in [2.24, 2.45) is 0 Å². The van der Waals surface area contributed by atoms with Crippen molar-refractivity contribution < 1.29 is 9.53 Å². The van der Waals surface area contributed by atoms with E-state index in [0.717, 1.165) is 16.6 Å². The smallest absolute Gasteiger partial charge is 0.276 e. The normalized spacial score (nSPS) is 13.7. The number of amides is 1. The van der Waals surface area contributed by atoms with Gasteiger partial charge in [0, 0.05) is 19.1 Å². The van der Waals surface area contributed by atoms with Gasteiger partial charge in [0.1, 0.15) is 5.52 Å². The van der Waals surface area contributed by atoms with Gasteiger partial charge in [0.05, 0.1) is 5.52 Å². The van der Waals surface area contributed by atoms with E-state index in [1.807, 2.05) is 75.4 Å². The molecule has 1 aromatic heterocycles. The Hall–Kier alpha value is -2.73. The Morgan fingerprint density at radius 3 is 2.54 bits per heavy atom. The van der Waals surface area contributed by atoms with Crippen molar-refractivity contribution in [1.82, 2.24) is 20.3 Å². The fourth-order valence-electron chi connectivity index (χ4n) is 3.05. The van der Waals surface area contributed by atoms with Gasteiger partial charge < -0.3 is 10.1 Å². The number of nitrogens with one attached hydrogen (secondary N) is 1. The van der Waals surface area contributed by atoms with Gasteiger partial charge in [-0.05, 0) is 38.5 Å². The van der Waals surface area contributed by atoms with E-state index in [2.05, 4.69) is 15.6 Å². The summed E-state index contributed by atoms with van der Waals surface area (Å²) in [6.45, 7) is 6.10. The molecular formula is C20H24N4O2. The standard InChI is InChI=1S/C20H24N4O2/c1-4-26-20(19(25)21-15(2)3,14-16-10-6-5-7-11-16)24-18-13-9-8-12-17(18)22-23-24/h5-13,15H,4,14H2,1-3H3,(H,21,25). The molecule has 6 heteroatoms. The highest BCUT2D eigenvalue weighted by Gasteiger charge is 2.44. The molecule has 1 N–H and O–H groups in total. The van der Waals surface area contributed by atoms with E-state index in [4.69, 9.17) is 4.74 Å². The Labute approximate surface area is 153 Å². The number of ether oxygens (including phenoxy) is 1. The number of benzene rings is 2. The van der Waals surface area contributed by atoms with E-state index in [9.17, 15) is 4.79 Å². The molecule has 1 atom stereocenters. The zero-order valence-electron chi connectivity index (χ0n) is 15.3. The van der Waals surface area contributed by atoms with Gasteiger partial charge in [-0.3, -0.25) is 4.79 Å². The minimum absolute atomic E-state index is 0.0205. The summed E-state index contributed by atoms with van der Waals surface area (Å²) in [4.78, 5) is 13.3. The number of para-hydroxylation sites is 1. The van der Waals surface area contributed by atoms with E-state index in [-0.39, 0.29) is 11.9 Å². The molecule has 3 rings (SSSR count). The number of carbonyl (C=O) groups is 1. The van der Waals surface area contributed by atoms with Crippen molar-refractivity contribution >= 4 is 16.9 Å². The fourth-order valence-corrected chi connectivity index (χ4v) is 3.05. The summed E-state index contributed by atoms with van der Waals surface area (Å²) >= 11 is 0. The number of hydrogen-bond donors (Lipinski definition) is 1. The first-order valence-corrected chi connectivity index (χ1v) is 8.86. The zero-order chi connectivity index (χ0) is 18.6. The summed E-state index contributed by atoms with van der Waals surface area (Å²) in [6.07, 6.45) is 0.355. The van der Waals surface area contributed by atoms with Crippen molar-refractivity contribution in [3.8, 4) is 0 Å². The molecule has 6 nitrogen and oxygen atoms in total. The van der Waals surface area contributed by atoms with Crippen molar-refractivity contribution in [3.63, 3.8) is 0 Å². The van der Waals surface area contributed by atoms with Crippen LogP contribution < -0.4 is 5.32 Å².